The topological polar surface area (TPSA) is 52.0 Å². The summed E-state index contributed by atoms with van der Waals surface area (Å²) < 4.78 is 4.81. The first-order valence-corrected chi connectivity index (χ1v) is 2.01. The summed E-state index contributed by atoms with van der Waals surface area (Å²) in [6.45, 7) is 0. The molecule has 0 saturated carbocycles. The predicted octanol–water partition coefficient (Wildman–Crippen LogP) is -1.14. The van der Waals surface area contributed by atoms with Crippen LogP contribution in [0.25, 0.3) is 0 Å². The Kier molecular flexibility index (Phi) is 3.82. The van der Waals surface area contributed by atoms with Gasteiger partial charge in [0.2, 0.25) is 0 Å². The SMILES string of the molecule is N[CH2][Cu][NH2]. The third-order valence-electron chi connectivity index (χ3n) is 0.0711. The fourth-order valence-electron chi connectivity index (χ4n) is 0. The van der Waals surface area contributed by atoms with Gasteiger partial charge in [-0.05, 0) is 0 Å². The van der Waals surface area contributed by atoms with Crippen molar-refractivity contribution in [3.8, 4) is 0 Å². The van der Waals surface area contributed by atoms with Crippen molar-refractivity contribution in [3.63, 3.8) is 0 Å². The van der Waals surface area contributed by atoms with Crippen molar-refractivity contribution in [3.05, 3.63) is 0 Å². The van der Waals surface area contributed by atoms with Crippen LogP contribution in [0.3, 0.4) is 0 Å². The second kappa shape index (κ2) is 3.44. The molecule has 0 rings (SSSR count). The molecular weight excluding hydrogens is 104 g/mol. The van der Waals surface area contributed by atoms with Gasteiger partial charge in [0.25, 0.3) is 0 Å². The fraction of sp³-hybridized carbons (Fsp3) is 1.00. The van der Waals surface area contributed by atoms with E-state index in [1.54, 1.807) is 0 Å². The Hall–Kier alpha value is 0.439. The van der Waals surface area contributed by atoms with Crippen LogP contribution >= 0.6 is 0 Å². The molecule has 0 aliphatic carbocycles. The number of hydrogen-bond acceptors (Lipinski definition) is 2. The summed E-state index contributed by atoms with van der Waals surface area (Å²) in [5, 5.41) is 0. The second-order valence-electron chi connectivity index (χ2n) is 0.246. The molecule has 0 radical (unpaired) electrons. The Morgan fingerprint density at radius 1 is 1.75 bits per heavy atom. The average Bonchev–Trinajstić information content (AvgIpc) is 1.37. The van der Waals surface area contributed by atoms with E-state index in [1.165, 1.54) is 15.2 Å². The molecule has 0 unspecified atom stereocenters. The molecule has 0 aliphatic rings. The molecule has 4 heavy (non-hydrogen) atoms. The van der Waals surface area contributed by atoms with Crippen LogP contribution in [0, 0.1) is 0 Å². The molecule has 0 aromatic carbocycles. The van der Waals surface area contributed by atoms with E-state index in [0.717, 1.165) is 0 Å². The molecule has 31 valence electrons. The second-order valence-corrected chi connectivity index (χ2v) is 1.02. The van der Waals surface area contributed by atoms with Gasteiger partial charge in [-0.3, -0.25) is 0 Å². The van der Waals surface area contributed by atoms with Crippen molar-refractivity contribution in [1.29, 1.82) is 0 Å². The molecule has 0 bridgehead atoms. The fourth-order valence-corrected chi connectivity index (χ4v) is 0. The molecule has 0 fully saturated rings. The predicted molar refractivity (Wildman–Crippen MR) is 13.2 cm³/mol. The van der Waals surface area contributed by atoms with Gasteiger partial charge in [0.15, 0.2) is 0 Å². The van der Waals surface area contributed by atoms with Crippen molar-refractivity contribution < 1.29 is 15.2 Å². The zero-order chi connectivity index (χ0) is 3.41. The Balaban J connectivity index is 1.97. The van der Waals surface area contributed by atoms with E-state index >= 15 is 0 Å². The molecule has 0 atom stereocenters. The van der Waals surface area contributed by atoms with E-state index in [2.05, 4.69) is 0 Å². The summed E-state index contributed by atoms with van der Waals surface area (Å²) >= 11 is 1.20. The van der Waals surface area contributed by atoms with Gasteiger partial charge in [-0.1, -0.05) is 0 Å². The normalized spacial score (nSPS) is 8.50. The molecular formula is CH6CuN2. The molecule has 2 nitrogen and oxygen atoms in total. The molecule has 0 aromatic heterocycles. The van der Waals surface area contributed by atoms with Gasteiger partial charge in [0.05, 0.1) is 0 Å². The van der Waals surface area contributed by atoms with Crippen LogP contribution in [0.1, 0.15) is 0 Å². The molecule has 4 N–H and O–H groups in total. The first-order valence-electron chi connectivity index (χ1n) is 0.796. The van der Waals surface area contributed by atoms with Crippen LogP contribution in [0.15, 0.2) is 0 Å². The Morgan fingerprint density at radius 3 is 2.00 bits per heavy atom. The van der Waals surface area contributed by atoms with Crippen LogP contribution < -0.4 is 10.5 Å². The number of nitrogens with two attached hydrogens (primary N) is 2. The first-order chi connectivity index (χ1) is 1.91. The van der Waals surface area contributed by atoms with E-state index in [9.17, 15) is 0 Å². The zero-order valence-corrected chi connectivity index (χ0v) is 3.10. The summed E-state index contributed by atoms with van der Waals surface area (Å²) in [7, 11) is 0. The van der Waals surface area contributed by atoms with E-state index < -0.39 is 0 Å². The third kappa shape index (κ3) is 2.44. The monoisotopic (exact) mass is 109 g/mol. The Labute approximate surface area is 31.9 Å². The van der Waals surface area contributed by atoms with Gasteiger partial charge >= 0.3 is 31.1 Å². The van der Waals surface area contributed by atoms with Crippen molar-refractivity contribution in [1.82, 2.24) is 0 Å². The van der Waals surface area contributed by atoms with Gasteiger partial charge in [0.1, 0.15) is 0 Å². The molecule has 0 heterocycles. The summed E-state index contributed by atoms with van der Waals surface area (Å²) in [4.78, 5) is 0. The maximum atomic E-state index is 4.86. The molecule has 0 saturated heterocycles. The maximum absolute atomic E-state index is 4.86. The standard InChI is InChI=1S/CH4N.Cu.H2N/c1-2;;/h1-2H2;;1H2/q;+1;-1. The van der Waals surface area contributed by atoms with E-state index in [0.29, 0.717) is 5.44 Å². The quantitative estimate of drug-likeness (QED) is 0.419. The summed E-state index contributed by atoms with van der Waals surface area (Å²) in [5.74, 6) is 0. The first kappa shape index (κ1) is 4.44. The van der Waals surface area contributed by atoms with Gasteiger partial charge < -0.3 is 0 Å². The van der Waals surface area contributed by atoms with Crippen LogP contribution in [-0.4, -0.2) is 5.44 Å². The third-order valence-corrected chi connectivity index (χ3v) is 0.293. The van der Waals surface area contributed by atoms with Crippen LogP contribution in [0.5, 0.6) is 0 Å². The minimum atomic E-state index is 0.503. The summed E-state index contributed by atoms with van der Waals surface area (Å²) in [6, 6.07) is 0. The average molecular weight is 110 g/mol. The van der Waals surface area contributed by atoms with Gasteiger partial charge in [0, 0.05) is 0 Å². The summed E-state index contributed by atoms with van der Waals surface area (Å²) in [6.07, 6.45) is 0. The van der Waals surface area contributed by atoms with Crippen molar-refractivity contribution in [2.75, 3.05) is 5.44 Å². The Morgan fingerprint density at radius 2 is 2.00 bits per heavy atom. The number of hydrogen-bond donors (Lipinski definition) is 2. The van der Waals surface area contributed by atoms with Crippen molar-refractivity contribution in [2.45, 2.75) is 0 Å². The molecule has 0 aliphatic heterocycles. The zero-order valence-electron chi connectivity index (χ0n) is 2.16. The molecule has 3 heteroatoms. The molecule has 0 amide bonds. The van der Waals surface area contributed by atoms with Gasteiger partial charge in [-0.15, -0.1) is 0 Å². The van der Waals surface area contributed by atoms with Crippen LogP contribution in [0.2, 0.25) is 0 Å². The van der Waals surface area contributed by atoms with Crippen LogP contribution in [0.4, 0.5) is 0 Å². The van der Waals surface area contributed by atoms with Gasteiger partial charge in [-0.2, -0.15) is 0 Å². The van der Waals surface area contributed by atoms with Gasteiger partial charge in [-0.25, -0.2) is 0 Å². The van der Waals surface area contributed by atoms with Crippen molar-refractivity contribution in [2.24, 2.45) is 10.5 Å². The van der Waals surface area contributed by atoms with Crippen LogP contribution in [-0.2, 0) is 15.2 Å². The minimum absolute atomic E-state index is 0.503. The molecule has 0 aromatic rings. The summed E-state index contributed by atoms with van der Waals surface area (Å²) in [5.41, 5.74) is 5.36. The van der Waals surface area contributed by atoms with E-state index in [-0.39, 0.29) is 0 Å². The van der Waals surface area contributed by atoms with E-state index in [1.807, 2.05) is 0 Å². The van der Waals surface area contributed by atoms with Crippen molar-refractivity contribution >= 4 is 0 Å². The Bertz CT molecular complexity index is 8.00. The molecule has 0 spiro atoms. The number of rotatable bonds is 1. The van der Waals surface area contributed by atoms with E-state index in [4.69, 9.17) is 10.5 Å².